The Morgan fingerprint density at radius 3 is 2.62 bits per heavy atom. The number of fused-ring (bicyclic) bond motifs is 3. The van der Waals surface area contributed by atoms with Gasteiger partial charge in [-0.2, -0.15) is 13.2 Å². The number of carbonyl (C=O) groups is 1. The molecule has 34 heavy (non-hydrogen) atoms. The lowest BCUT2D eigenvalue weighted by molar-refractivity contribution is -0.389. The molecule has 0 amide bonds. The van der Waals surface area contributed by atoms with Crippen LogP contribution in [0.15, 0.2) is 30.5 Å². The monoisotopic (exact) mass is 485 g/mol. The Hall–Kier alpha value is -3.55. The van der Waals surface area contributed by atoms with Gasteiger partial charge in [0.1, 0.15) is 24.7 Å². The number of anilines is 1. The highest BCUT2D eigenvalue weighted by atomic mass is 19.4. The Morgan fingerprint density at radius 2 is 2.06 bits per heavy atom. The van der Waals surface area contributed by atoms with E-state index in [0.717, 1.165) is 25.3 Å². The number of nitrogens with zero attached hydrogens (tertiary/aromatic N) is 4. The van der Waals surface area contributed by atoms with Crippen molar-refractivity contribution in [3.05, 3.63) is 40.6 Å². The lowest BCUT2D eigenvalue weighted by atomic mass is 10.2. The Morgan fingerprint density at radius 1 is 1.35 bits per heavy atom. The van der Waals surface area contributed by atoms with E-state index < -0.39 is 17.1 Å². The molecule has 11 nitrogen and oxygen atoms in total. The minimum absolute atomic E-state index is 0.167. The number of ether oxygens (including phenoxy) is 2. The number of imidazole rings is 1. The fourth-order valence-corrected chi connectivity index (χ4v) is 4.14. The van der Waals surface area contributed by atoms with Crippen LogP contribution < -0.4 is 19.7 Å². The molecule has 0 spiro atoms. The molecule has 3 aliphatic heterocycles. The van der Waals surface area contributed by atoms with Crippen LogP contribution in [-0.2, 0) is 11.3 Å². The smallest absolute Gasteiger partial charge is 0.490 e. The van der Waals surface area contributed by atoms with Gasteiger partial charge in [0, 0.05) is 48.8 Å². The SMILES string of the molecule is O=C(O)C(F)(F)F.O=[N+]([O-])c1cn2c(n1)O[C@H](COc1ccc(N3CC4CC3CN4)cc1)CC2. The van der Waals surface area contributed by atoms with Gasteiger partial charge in [0.15, 0.2) is 0 Å². The molecule has 1 aromatic carbocycles. The summed E-state index contributed by atoms with van der Waals surface area (Å²) in [4.78, 5) is 25.6. The molecule has 3 aliphatic rings. The molecule has 184 valence electrons. The zero-order chi connectivity index (χ0) is 24.5. The normalized spacial score (nSPS) is 22.9. The lowest BCUT2D eigenvalue weighted by Crippen LogP contribution is -2.43. The highest BCUT2D eigenvalue weighted by molar-refractivity contribution is 5.73. The summed E-state index contributed by atoms with van der Waals surface area (Å²) in [6, 6.07) is 9.70. The van der Waals surface area contributed by atoms with E-state index in [-0.39, 0.29) is 17.9 Å². The number of aryl methyl sites for hydroxylation is 1. The summed E-state index contributed by atoms with van der Waals surface area (Å²) in [5.41, 5.74) is 1.24. The number of carboxylic acids is 1. The van der Waals surface area contributed by atoms with E-state index >= 15 is 0 Å². The van der Waals surface area contributed by atoms with Gasteiger partial charge >= 0.3 is 24.0 Å². The number of benzene rings is 1. The van der Waals surface area contributed by atoms with Crippen LogP contribution in [0.5, 0.6) is 11.8 Å². The largest absolute Gasteiger partial charge is 0.490 e. The van der Waals surface area contributed by atoms with Gasteiger partial charge in [-0.25, -0.2) is 4.79 Å². The molecule has 2 fully saturated rings. The number of piperazine rings is 1. The first-order chi connectivity index (χ1) is 16.1. The van der Waals surface area contributed by atoms with Crippen molar-refractivity contribution in [3.63, 3.8) is 0 Å². The summed E-state index contributed by atoms with van der Waals surface area (Å²) in [5, 5.41) is 21.5. The molecule has 5 rings (SSSR count). The molecule has 2 bridgehead atoms. The summed E-state index contributed by atoms with van der Waals surface area (Å²) in [6.07, 6.45) is -1.89. The first kappa shape index (κ1) is 23.6. The number of nitro groups is 1. The predicted molar refractivity (Wildman–Crippen MR) is 111 cm³/mol. The molecule has 3 atom stereocenters. The summed E-state index contributed by atoms with van der Waals surface area (Å²) >= 11 is 0. The van der Waals surface area contributed by atoms with Crippen LogP contribution in [0, 0.1) is 10.1 Å². The van der Waals surface area contributed by atoms with Crippen LogP contribution in [0.1, 0.15) is 12.8 Å². The van der Waals surface area contributed by atoms with E-state index in [2.05, 4.69) is 27.3 Å². The van der Waals surface area contributed by atoms with E-state index in [1.807, 2.05) is 12.1 Å². The Bertz CT molecular complexity index is 1040. The molecule has 1 aromatic heterocycles. The summed E-state index contributed by atoms with van der Waals surface area (Å²) in [7, 11) is 0. The fraction of sp³-hybridized carbons (Fsp3) is 0.500. The second-order valence-corrected chi connectivity index (χ2v) is 8.12. The molecule has 2 unspecified atom stereocenters. The topological polar surface area (TPSA) is 132 Å². The zero-order valence-corrected chi connectivity index (χ0v) is 17.8. The average molecular weight is 485 g/mol. The molecule has 2 aromatic rings. The van der Waals surface area contributed by atoms with Crippen LogP contribution in [-0.4, -0.2) is 69.6 Å². The van der Waals surface area contributed by atoms with Gasteiger partial charge in [-0.3, -0.25) is 4.57 Å². The molecule has 0 radical (unpaired) electrons. The molecule has 0 saturated carbocycles. The van der Waals surface area contributed by atoms with Gasteiger partial charge in [0.25, 0.3) is 0 Å². The number of hydrogen-bond acceptors (Lipinski definition) is 8. The first-order valence-electron chi connectivity index (χ1n) is 10.5. The number of alkyl halides is 3. The van der Waals surface area contributed by atoms with Crippen molar-refractivity contribution in [2.24, 2.45) is 0 Å². The van der Waals surface area contributed by atoms with Crippen molar-refractivity contribution in [1.29, 1.82) is 0 Å². The third-order valence-electron chi connectivity index (χ3n) is 5.78. The van der Waals surface area contributed by atoms with E-state index in [9.17, 15) is 23.3 Å². The highest BCUT2D eigenvalue weighted by Gasteiger charge is 2.38. The van der Waals surface area contributed by atoms with E-state index in [1.54, 1.807) is 4.57 Å². The molecular formula is C20H22F3N5O6. The van der Waals surface area contributed by atoms with Gasteiger partial charge in [-0.15, -0.1) is 0 Å². The molecule has 14 heteroatoms. The van der Waals surface area contributed by atoms with E-state index in [0.29, 0.717) is 25.2 Å². The Balaban J connectivity index is 0.000000344. The number of rotatable bonds is 5. The van der Waals surface area contributed by atoms with Crippen LogP contribution in [0.25, 0.3) is 0 Å². The molecule has 0 aliphatic carbocycles. The van der Waals surface area contributed by atoms with Crippen LogP contribution in [0.4, 0.5) is 24.7 Å². The van der Waals surface area contributed by atoms with E-state index in [1.165, 1.54) is 18.3 Å². The maximum Gasteiger partial charge on any atom is 0.490 e. The van der Waals surface area contributed by atoms with Crippen molar-refractivity contribution in [1.82, 2.24) is 14.9 Å². The van der Waals surface area contributed by atoms with E-state index in [4.69, 9.17) is 19.4 Å². The van der Waals surface area contributed by atoms with Crippen LogP contribution in [0.2, 0.25) is 0 Å². The zero-order valence-electron chi connectivity index (χ0n) is 17.8. The summed E-state index contributed by atoms with van der Waals surface area (Å²) in [6.45, 7) is 3.16. The third kappa shape index (κ3) is 5.32. The van der Waals surface area contributed by atoms with Crippen molar-refractivity contribution in [2.45, 2.75) is 43.8 Å². The van der Waals surface area contributed by atoms with Gasteiger partial charge in [-0.05, 0) is 35.6 Å². The van der Waals surface area contributed by atoms with Gasteiger partial charge < -0.3 is 34.9 Å². The summed E-state index contributed by atoms with van der Waals surface area (Å²) in [5.74, 6) is -2.15. The molecule has 4 heterocycles. The molecule has 2 saturated heterocycles. The fourth-order valence-electron chi connectivity index (χ4n) is 4.14. The maximum atomic E-state index is 10.8. The van der Waals surface area contributed by atoms with Crippen molar-refractivity contribution >= 4 is 17.5 Å². The number of aromatic nitrogens is 2. The van der Waals surface area contributed by atoms with Gasteiger partial charge in [-0.1, -0.05) is 0 Å². The number of halogens is 3. The number of aliphatic carboxylic acids is 1. The second kappa shape index (κ2) is 9.37. The van der Waals surface area contributed by atoms with Crippen molar-refractivity contribution < 1.29 is 37.5 Å². The number of hydrogen-bond donors (Lipinski definition) is 2. The molecule has 2 N–H and O–H groups in total. The Kier molecular flexibility index (Phi) is 6.50. The lowest BCUT2D eigenvalue weighted by Gasteiger charge is -2.29. The van der Waals surface area contributed by atoms with Gasteiger partial charge in [0.05, 0.1) is 0 Å². The minimum atomic E-state index is -5.08. The second-order valence-electron chi connectivity index (χ2n) is 8.12. The average Bonchev–Trinajstić information content (AvgIpc) is 3.53. The van der Waals surface area contributed by atoms with Crippen molar-refractivity contribution in [3.8, 4) is 11.8 Å². The van der Waals surface area contributed by atoms with Crippen LogP contribution in [0.3, 0.4) is 0 Å². The van der Waals surface area contributed by atoms with Gasteiger partial charge in [0.2, 0.25) is 0 Å². The number of carboxylic acid groups (broad SMARTS) is 1. The first-order valence-corrected chi connectivity index (χ1v) is 10.5. The minimum Gasteiger partial charge on any atom is -0.490 e. The highest BCUT2D eigenvalue weighted by Crippen LogP contribution is 2.31. The summed E-state index contributed by atoms with van der Waals surface area (Å²) < 4.78 is 45.0. The maximum absolute atomic E-state index is 10.8. The third-order valence-corrected chi connectivity index (χ3v) is 5.78. The number of nitrogens with one attached hydrogen (secondary N) is 1. The quantitative estimate of drug-likeness (QED) is 0.483. The van der Waals surface area contributed by atoms with Crippen molar-refractivity contribution in [2.75, 3.05) is 24.6 Å². The predicted octanol–water partition coefficient (Wildman–Crippen LogP) is 2.21. The Labute approximate surface area is 191 Å². The standard InChI is InChI=1S/C18H21N5O4.C2HF3O2/c24-23(25)17-10-21-6-5-16(27-18(21)20-17)11-26-15-3-1-13(2-4-15)22-9-12-7-14(22)8-19-12;3-2(4,5)1(6)7/h1-4,10,12,14,16,19H,5-9,11H2;(H,6,7)/t12?,14?,16-;/m0./s1. The van der Waals surface area contributed by atoms with Crippen LogP contribution >= 0.6 is 0 Å². The molecular weight excluding hydrogens is 463 g/mol.